The fourth-order valence-corrected chi connectivity index (χ4v) is 29.8. The summed E-state index contributed by atoms with van der Waals surface area (Å²) in [5, 5.41) is 15.4. The first kappa shape index (κ1) is 48.4. The molecule has 0 radical (unpaired) electrons. The zero-order valence-corrected chi connectivity index (χ0v) is 51.1. The van der Waals surface area contributed by atoms with Crippen LogP contribution in [0.15, 0.2) is 58.7 Å². The van der Waals surface area contributed by atoms with Gasteiger partial charge in [0.1, 0.15) is 5.60 Å². The molecule has 9 rings (SSSR count). The van der Waals surface area contributed by atoms with E-state index in [2.05, 4.69) is 151 Å². The van der Waals surface area contributed by atoms with Crippen molar-refractivity contribution in [3.63, 3.8) is 0 Å². The number of fused-ring (bicyclic) bond motifs is 6. The molecule has 316 valence electrons. The summed E-state index contributed by atoms with van der Waals surface area (Å²) in [6.07, 6.45) is 0. The first-order chi connectivity index (χ1) is 26.7. The molecule has 0 saturated carbocycles. The van der Waals surface area contributed by atoms with Crippen molar-refractivity contribution in [2.24, 2.45) is 0 Å². The van der Waals surface area contributed by atoms with Crippen LogP contribution in [0.25, 0.3) is 0 Å². The average Bonchev–Trinajstić information content (AvgIpc) is 3.89. The number of hydrogen-bond donors (Lipinski definition) is 1. The van der Waals surface area contributed by atoms with Crippen molar-refractivity contribution in [2.45, 2.75) is 186 Å². The highest BCUT2D eigenvalue weighted by Crippen LogP contribution is 2.75. The second kappa shape index (κ2) is 16.6. The molecule has 3 aromatic carbocycles. The van der Waals surface area contributed by atoms with Crippen LogP contribution in [0.5, 0.6) is 0 Å². The van der Waals surface area contributed by atoms with E-state index in [9.17, 15) is 0 Å². The Morgan fingerprint density at radius 3 is 0.655 bits per heavy atom. The molecule has 0 bridgehead atoms. The molecule has 0 unspecified atom stereocenters. The van der Waals surface area contributed by atoms with E-state index in [1.807, 2.05) is 155 Å². The first-order valence-corrected chi connectivity index (χ1v) is 32.0. The largest absolute Gasteiger partial charge is 0.382 e. The fourth-order valence-electron chi connectivity index (χ4n) is 7.67. The SMILES string of the molecule is CC1(C)Sc2c(I)c3c(c(C(O)(c4c5c(c(I)c6c4SC(C)(C)S6)SC(C)(C)S5)c4c5c(c(I)c6c4SC(C)(C)S6)SC(C)(C)S5)c2S1)SC(C)(C)S3.CCOCC. The van der Waals surface area contributed by atoms with Gasteiger partial charge in [0, 0.05) is 99.4 Å². The highest BCUT2D eigenvalue weighted by Gasteiger charge is 2.57. The molecular formula is C41H47I3O2S12. The number of thioether (sulfide) groups is 12. The van der Waals surface area contributed by atoms with Crippen LogP contribution in [0, 0.1) is 10.7 Å². The van der Waals surface area contributed by atoms with Gasteiger partial charge < -0.3 is 9.84 Å². The summed E-state index contributed by atoms with van der Waals surface area (Å²) < 4.78 is 8.58. The summed E-state index contributed by atoms with van der Waals surface area (Å²) in [5.74, 6) is 0. The summed E-state index contributed by atoms with van der Waals surface area (Å²) in [4.78, 5) is 15.8. The summed E-state index contributed by atoms with van der Waals surface area (Å²) in [6, 6.07) is 0. The third kappa shape index (κ3) is 8.57. The summed E-state index contributed by atoms with van der Waals surface area (Å²) >= 11 is 31.8. The maximum absolute atomic E-state index is 15.4. The van der Waals surface area contributed by atoms with Crippen LogP contribution in [0.2, 0.25) is 0 Å². The minimum atomic E-state index is -1.42. The lowest BCUT2D eigenvalue weighted by Gasteiger charge is -2.38. The molecule has 0 aromatic heterocycles. The van der Waals surface area contributed by atoms with Crippen LogP contribution in [-0.2, 0) is 10.3 Å². The quantitative estimate of drug-likeness (QED) is 0.194. The van der Waals surface area contributed by atoms with E-state index in [-0.39, 0.29) is 24.5 Å². The molecule has 0 fully saturated rings. The Kier molecular flexibility index (Phi) is 13.9. The van der Waals surface area contributed by atoms with Gasteiger partial charge in [-0.25, -0.2) is 0 Å². The molecule has 2 nitrogen and oxygen atoms in total. The normalized spacial score (nSPS) is 22.9. The van der Waals surface area contributed by atoms with E-state index in [1.54, 1.807) is 0 Å². The Labute approximate surface area is 438 Å². The van der Waals surface area contributed by atoms with E-state index in [4.69, 9.17) is 4.74 Å². The second-order valence-electron chi connectivity index (χ2n) is 17.1. The Bertz CT molecular complexity index is 1910. The lowest BCUT2D eigenvalue weighted by Crippen LogP contribution is -2.34. The average molecular weight is 1340 g/mol. The summed E-state index contributed by atoms with van der Waals surface area (Å²) in [6.45, 7) is 34.1. The molecule has 0 aliphatic carbocycles. The van der Waals surface area contributed by atoms with E-state index >= 15 is 5.11 Å². The highest BCUT2D eigenvalue weighted by molar-refractivity contribution is 14.1. The van der Waals surface area contributed by atoms with Crippen molar-refractivity contribution in [3.8, 4) is 0 Å². The van der Waals surface area contributed by atoms with Gasteiger partial charge in [0.25, 0.3) is 0 Å². The van der Waals surface area contributed by atoms with Gasteiger partial charge in [-0.05, 0) is 165 Å². The van der Waals surface area contributed by atoms with E-state index in [0.717, 1.165) is 29.9 Å². The number of rotatable bonds is 5. The van der Waals surface area contributed by atoms with E-state index in [1.165, 1.54) is 69.5 Å². The van der Waals surface area contributed by atoms with Gasteiger partial charge in [-0.3, -0.25) is 0 Å². The first-order valence-electron chi connectivity index (χ1n) is 18.9. The van der Waals surface area contributed by atoms with Gasteiger partial charge in [-0.1, -0.05) is 0 Å². The lowest BCUT2D eigenvalue weighted by molar-refractivity contribution is 0.105. The third-order valence-electron chi connectivity index (χ3n) is 9.46. The monoisotopic (exact) mass is 1340 g/mol. The van der Waals surface area contributed by atoms with Crippen molar-refractivity contribution in [3.05, 3.63) is 27.4 Å². The minimum absolute atomic E-state index is 0.0534. The van der Waals surface area contributed by atoms with Crippen molar-refractivity contribution in [1.82, 2.24) is 0 Å². The molecule has 0 amide bonds. The number of ether oxygens (including phenoxy) is 1. The molecule has 1 N–H and O–H groups in total. The zero-order chi connectivity index (χ0) is 42.5. The van der Waals surface area contributed by atoms with Gasteiger partial charge in [-0.2, -0.15) is 0 Å². The minimum Gasteiger partial charge on any atom is -0.382 e. The molecule has 58 heavy (non-hydrogen) atoms. The van der Waals surface area contributed by atoms with Crippen LogP contribution in [0.4, 0.5) is 0 Å². The van der Waals surface area contributed by atoms with Gasteiger partial charge in [0.2, 0.25) is 0 Å². The smallest absolute Gasteiger partial charge is 0.147 e. The van der Waals surface area contributed by atoms with Gasteiger partial charge in [0.05, 0.1) is 24.5 Å². The Hall–Kier alpha value is 3.97. The van der Waals surface area contributed by atoms with Crippen LogP contribution >= 0.6 is 209 Å². The fraction of sp³-hybridized carbons (Fsp3) is 0.561. The van der Waals surface area contributed by atoms with Crippen molar-refractivity contribution in [2.75, 3.05) is 13.2 Å². The number of halogens is 3. The standard InChI is InChI=1S/C37H37I3OS12.C4H10O/c1-31(2)42-19-13(20-26(16(38)25(19)48-31)49-32(3,4)43-20)37(41,14-21-27(50-33(5,6)44-21)17(39)28-22(14)45-34(7,8)51-28)15-23-29(52-35(9,10)46-23)18(40)30-24(15)47-36(11,12)53-30;1-3-5-4-2/h41H,1-12H3;3-4H2,1-2H3. The number of hydrogen-bond acceptors (Lipinski definition) is 14. The maximum atomic E-state index is 15.4. The maximum Gasteiger partial charge on any atom is 0.147 e. The van der Waals surface area contributed by atoms with Crippen LogP contribution < -0.4 is 0 Å². The second-order valence-corrected chi connectivity index (χ2v) is 41.5. The molecule has 17 heteroatoms. The van der Waals surface area contributed by atoms with Gasteiger partial charge in [0.15, 0.2) is 0 Å². The summed E-state index contributed by atoms with van der Waals surface area (Å²) in [7, 11) is 0. The van der Waals surface area contributed by atoms with Gasteiger partial charge >= 0.3 is 0 Å². The lowest BCUT2D eigenvalue weighted by atomic mass is 9.79. The predicted octanol–water partition coefficient (Wildman–Crippen LogP) is 18.4. The molecule has 6 aliphatic rings. The van der Waals surface area contributed by atoms with Crippen LogP contribution in [-0.4, -0.2) is 42.8 Å². The molecule has 3 aromatic rings. The molecule has 6 heterocycles. The van der Waals surface area contributed by atoms with Crippen molar-refractivity contribution in [1.29, 1.82) is 0 Å². The Morgan fingerprint density at radius 1 is 0.362 bits per heavy atom. The predicted molar refractivity (Wildman–Crippen MR) is 297 cm³/mol. The van der Waals surface area contributed by atoms with E-state index in [0.29, 0.717) is 0 Å². The number of aliphatic hydroxyl groups is 1. The molecule has 6 aliphatic heterocycles. The zero-order valence-electron chi connectivity index (χ0n) is 34.8. The third-order valence-corrected chi connectivity index (χ3v) is 31.9. The van der Waals surface area contributed by atoms with Crippen molar-refractivity contribution < 1.29 is 9.84 Å². The van der Waals surface area contributed by atoms with Gasteiger partial charge in [-0.15, -0.1) is 141 Å². The Morgan fingerprint density at radius 2 is 0.517 bits per heavy atom. The molecule has 0 spiro atoms. The van der Waals surface area contributed by atoms with Crippen LogP contribution in [0.1, 0.15) is 114 Å². The van der Waals surface area contributed by atoms with E-state index < -0.39 is 5.60 Å². The summed E-state index contributed by atoms with van der Waals surface area (Å²) in [5.41, 5.74) is 2.01. The topological polar surface area (TPSA) is 29.5 Å². The molecule has 0 atom stereocenters. The molecule has 0 saturated heterocycles. The van der Waals surface area contributed by atoms with Crippen molar-refractivity contribution >= 4 is 209 Å². The van der Waals surface area contributed by atoms with Crippen LogP contribution in [0.3, 0.4) is 0 Å². The Balaban J connectivity index is 0.000000887. The number of benzene rings is 3. The molecular weight excluding hydrogens is 1290 g/mol. The highest BCUT2D eigenvalue weighted by atomic mass is 127.